The van der Waals surface area contributed by atoms with Crippen molar-refractivity contribution < 1.29 is 0 Å². The number of hydrogen-bond acceptors (Lipinski definition) is 5. The lowest BCUT2D eigenvalue weighted by Crippen LogP contribution is -2.04. The van der Waals surface area contributed by atoms with Crippen LogP contribution in [0, 0.1) is 6.92 Å². The molecule has 1 N–H and O–H groups in total. The summed E-state index contributed by atoms with van der Waals surface area (Å²) in [6, 6.07) is 0. The molecule has 0 radical (unpaired) electrons. The van der Waals surface area contributed by atoms with Gasteiger partial charge in [0, 0.05) is 23.0 Å². The van der Waals surface area contributed by atoms with Gasteiger partial charge in [0.1, 0.15) is 0 Å². The van der Waals surface area contributed by atoms with Crippen molar-refractivity contribution in [3.05, 3.63) is 22.1 Å². The fourth-order valence-electron chi connectivity index (χ4n) is 1.12. The van der Waals surface area contributed by atoms with Gasteiger partial charge in [-0.25, -0.2) is 9.97 Å². The molecule has 0 aliphatic rings. The van der Waals surface area contributed by atoms with Crippen LogP contribution in [0.25, 0.3) is 10.0 Å². The standard InChI is InChI=1S/C9H11N3S2/c1-6-4-13-8(11-6)9-12-7(3-10-2)5-14-9/h4-5,10H,3H2,1-2H3. The number of aromatic nitrogens is 2. The van der Waals surface area contributed by atoms with Crippen molar-refractivity contribution in [2.45, 2.75) is 13.5 Å². The summed E-state index contributed by atoms with van der Waals surface area (Å²) in [5, 5.41) is 9.25. The number of rotatable bonds is 3. The predicted molar refractivity (Wildman–Crippen MR) is 60.7 cm³/mol. The van der Waals surface area contributed by atoms with Crippen molar-refractivity contribution in [1.29, 1.82) is 0 Å². The molecule has 0 fully saturated rings. The molecule has 2 aromatic heterocycles. The van der Waals surface area contributed by atoms with Crippen LogP contribution >= 0.6 is 22.7 Å². The summed E-state index contributed by atoms with van der Waals surface area (Å²) in [4.78, 5) is 8.89. The average Bonchev–Trinajstić information content (AvgIpc) is 2.74. The molecule has 0 unspecified atom stereocenters. The van der Waals surface area contributed by atoms with Gasteiger partial charge < -0.3 is 5.32 Å². The van der Waals surface area contributed by atoms with E-state index in [0.29, 0.717) is 0 Å². The summed E-state index contributed by atoms with van der Waals surface area (Å²) in [5.74, 6) is 0. The minimum Gasteiger partial charge on any atom is -0.314 e. The van der Waals surface area contributed by atoms with Crippen molar-refractivity contribution in [3.63, 3.8) is 0 Å². The normalized spacial score (nSPS) is 10.7. The van der Waals surface area contributed by atoms with Crippen LogP contribution in [0.3, 0.4) is 0 Å². The molecular formula is C9H11N3S2. The third-order valence-electron chi connectivity index (χ3n) is 1.71. The Balaban J connectivity index is 2.24. The van der Waals surface area contributed by atoms with Crippen LogP contribution < -0.4 is 5.32 Å². The van der Waals surface area contributed by atoms with Gasteiger partial charge in [-0.05, 0) is 14.0 Å². The number of nitrogens with one attached hydrogen (secondary N) is 1. The van der Waals surface area contributed by atoms with Gasteiger partial charge in [-0.2, -0.15) is 0 Å². The minimum atomic E-state index is 0.820. The summed E-state index contributed by atoms with van der Waals surface area (Å²) in [5.41, 5.74) is 2.15. The van der Waals surface area contributed by atoms with Crippen molar-refractivity contribution in [1.82, 2.24) is 15.3 Å². The van der Waals surface area contributed by atoms with E-state index in [0.717, 1.165) is 27.9 Å². The van der Waals surface area contributed by atoms with Gasteiger partial charge in [0.05, 0.1) is 5.69 Å². The van der Waals surface area contributed by atoms with Gasteiger partial charge in [-0.1, -0.05) is 0 Å². The second kappa shape index (κ2) is 4.16. The molecule has 2 rings (SSSR count). The van der Waals surface area contributed by atoms with Crippen molar-refractivity contribution >= 4 is 22.7 Å². The van der Waals surface area contributed by atoms with Gasteiger partial charge in [0.15, 0.2) is 10.0 Å². The van der Waals surface area contributed by atoms with E-state index in [2.05, 4.69) is 26.0 Å². The highest BCUT2D eigenvalue weighted by Crippen LogP contribution is 2.26. The number of nitrogens with zero attached hydrogens (tertiary/aromatic N) is 2. The van der Waals surface area contributed by atoms with Gasteiger partial charge in [-0.3, -0.25) is 0 Å². The average molecular weight is 225 g/mol. The summed E-state index contributed by atoms with van der Waals surface area (Å²) in [6.07, 6.45) is 0. The van der Waals surface area contributed by atoms with Gasteiger partial charge in [0.25, 0.3) is 0 Å². The van der Waals surface area contributed by atoms with Crippen LogP contribution in [0.4, 0.5) is 0 Å². The molecule has 0 bridgehead atoms. The van der Waals surface area contributed by atoms with Crippen LogP contribution in [0.1, 0.15) is 11.4 Å². The topological polar surface area (TPSA) is 37.8 Å². The molecule has 0 atom stereocenters. The van der Waals surface area contributed by atoms with Crippen molar-refractivity contribution in [3.8, 4) is 10.0 Å². The van der Waals surface area contributed by atoms with Crippen LogP contribution in [0.2, 0.25) is 0 Å². The van der Waals surface area contributed by atoms with Crippen LogP contribution in [0.15, 0.2) is 10.8 Å². The van der Waals surface area contributed by atoms with Crippen LogP contribution in [0.5, 0.6) is 0 Å². The Kier molecular flexibility index (Phi) is 2.90. The maximum atomic E-state index is 4.49. The Labute approximate surface area is 90.9 Å². The van der Waals surface area contributed by atoms with E-state index >= 15 is 0 Å². The third-order valence-corrected chi connectivity index (χ3v) is 3.71. The number of thiazole rings is 2. The molecule has 5 heteroatoms. The maximum absolute atomic E-state index is 4.49. The van der Waals surface area contributed by atoms with E-state index in [4.69, 9.17) is 0 Å². The molecule has 0 aromatic carbocycles. The van der Waals surface area contributed by atoms with Gasteiger partial charge in [-0.15, -0.1) is 22.7 Å². The molecule has 0 spiro atoms. The minimum absolute atomic E-state index is 0.820. The van der Waals surface area contributed by atoms with E-state index in [9.17, 15) is 0 Å². The first kappa shape index (κ1) is 9.76. The molecule has 14 heavy (non-hydrogen) atoms. The number of aryl methyl sites for hydroxylation is 1. The molecule has 74 valence electrons. The molecule has 2 aromatic rings. The molecule has 2 heterocycles. The monoisotopic (exact) mass is 225 g/mol. The Morgan fingerprint density at radius 2 is 1.93 bits per heavy atom. The van der Waals surface area contributed by atoms with E-state index in [1.54, 1.807) is 22.7 Å². The summed E-state index contributed by atoms with van der Waals surface area (Å²) in [7, 11) is 1.92. The summed E-state index contributed by atoms with van der Waals surface area (Å²) in [6.45, 7) is 2.82. The molecular weight excluding hydrogens is 214 g/mol. The summed E-state index contributed by atoms with van der Waals surface area (Å²) >= 11 is 3.30. The fraction of sp³-hybridized carbons (Fsp3) is 0.333. The lowest BCUT2D eigenvalue weighted by Gasteiger charge is -1.90. The van der Waals surface area contributed by atoms with Crippen LogP contribution in [-0.2, 0) is 6.54 Å². The molecule has 0 amide bonds. The molecule has 0 aliphatic carbocycles. The first-order valence-electron chi connectivity index (χ1n) is 4.31. The molecule has 3 nitrogen and oxygen atoms in total. The molecule has 0 saturated carbocycles. The van der Waals surface area contributed by atoms with E-state index < -0.39 is 0 Å². The maximum Gasteiger partial charge on any atom is 0.152 e. The van der Waals surface area contributed by atoms with Crippen molar-refractivity contribution in [2.24, 2.45) is 0 Å². The summed E-state index contributed by atoms with van der Waals surface area (Å²) < 4.78 is 0. The highest BCUT2D eigenvalue weighted by atomic mass is 32.1. The van der Waals surface area contributed by atoms with E-state index in [-0.39, 0.29) is 0 Å². The lowest BCUT2D eigenvalue weighted by molar-refractivity contribution is 0.798. The SMILES string of the molecule is CNCc1csc(-c2nc(C)cs2)n1. The smallest absolute Gasteiger partial charge is 0.152 e. The quantitative estimate of drug-likeness (QED) is 0.871. The number of hydrogen-bond donors (Lipinski definition) is 1. The molecule has 0 saturated heterocycles. The first-order valence-corrected chi connectivity index (χ1v) is 6.07. The Bertz CT molecular complexity index is 419. The Morgan fingerprint density at radius 1 is 1.21 bits per heavy atom. The van der Waals surface area contributed by atoms with E-state index in [1.807, 2.05) is 14.0 Å². The second-order valence-electron chi connectivity index (χ2n) is 2.97. The molecule has 0 aliphatic heterocycles. The zero-order valence-corrected chi connectivity index (χ0v) is 9.71. The first-order chi connectivity index (χ1) is 6.79. The Hall–Kier alpha value is -0.780. The Morgan fingerprint density at radius 3 is 2.57 bits per heavy atom. The largest absolute Gasteiger partial charge is 0.314 e. The predicted octanol–water partition coefficient (Wildman–Crippen LogP) is 2.29. The second-order valence-corrected chi connectivity index (χ2v) is 4.68. The van der Waals surface area contributed by atoms with Gasteiger partial charge in [0.2, 0.25) is 0 Å². The highest BCUT2D eigenvalue weighted by molar-refractivity contribution is 7.19. The highest BCUT2D eigenvalue weighted by Gasteiger charge is 2.07. The third kappa shape index (κ3) is 2.00. The fourth-order valence-corrected chi connectivity index (χ4v) is 2.79. The van der Waals surface area contributed by atoms with Crippen LogP contribution in [-0.4, -0.2) is 17.0 Å². The van der Waals surface area contributed by atoms with E-state index in [1.165, 1.54) is 0 Å². The van der Waals surface area contributed by atoms with Crippen molar-refractivity contribution in [2.75, 3.05) is 7.05 Å². The zero-order valence-electron chi connectivity index (χ0n) is 8.07. The lowest BCUT2D eigenvalue weighted by atomic mass is 10.5. The zero-order chi connectivity index (χ0) is 9.97. The van der Waals surface area contributed by atoms with Gasteiger partial charge >= 0.3 is 0 Å².